The minimum Gasteiger partial charge on any atom is -0.495 e. The molecule has 29 heavy (non-hydrogen) atoms. The van der Waals surface area contributed by atoms with Crippen molar-refractivity contribution in [2.45, 2.75) is 25.3 Å². The van der Waals surface area contributed by atoms with E-state index in [4.69, 9.17) is 9.15 Å². The number of nitrogens with one attached hydrogen (secondary N) is 2. The van der Waals surface area contributed by atoms with Gasteiger partial charge in [0.15, 0.2) is 12.2 Å². The Balaban J connectivity index is 1.51. The molecular weight excluding hydrogens is 368 g/mol. The van der Waals surface area contributed by atoms with Gasteiger partial charge >= 0.3 is 0 Å². The number of H-pyrrole nitrogens is 1. The summed E-state index contributed by atoms with van der Waals surface area (Å²) in [7, 11) is 1.60. The highest BCUT2D eigenvalue weighted by Crippen LogP contribution is 2.38. The van der Waals surface area contributed by atoms with E-state index in [1.165, 1.54) is 6.39 Å². The number of nitriles is 1. The van der Waals surface area contributed by atoms with Gasteiger partial charge in [0.05, 0.1) is 30.6 Å². The van der Waals surface area contributed by atoms with Gasteiger partial charge in [-0.25, -0.2) is 4.98 Å². The molecule has 0 spiro atoms. The van der Waals surface area contributed by atoms with Crippen LogP contribution in [0.1, 0.15) is 35.7 Å². The summed E-state index contributed by atoms with van der Waals surface area (Å²) in [6.07, 6.45) is 7.44. The summed E-state index contributed by atoms with van der Waals surface area (Å²) >= 11 is 0. The van der Waals surface area contributed by atoms with E-state index in [1.54, 1.807) is 19.5 Å². The summed E-state index contributed by atoms with van der Waals surface area (Å²) in [6, 6.07) is 8.25. The van der Waals surface area contributed by atoms with Crippen LogP contribution in [-0.4, -0.2) is 27.3 Å². The fourth-order valence-electron chi connectivity index (χ4n) is 3.99. The summed E-state index contributed by atoms with van der Waals surface area (Å²) in [4.78, 5) is 8.56. The minimum absolute atomic E-state index is 0.0403. The van der Waals surface area contributed by atoms with E-state index in [0.29, 0.717) is 17.1 Å². The molecule has 0 saturated carbocycles. The van der Waals surface area contributed by atoms with Gasteiger partial charge in [-0.1, -0.05) is 0 Å². The molecule has 1 atom stereocenters. The fraction of sp³-hybridized carbons (Fsp3) is 0.238. The van der Waals surface area contributed by atoms with E-state index in [9.17, 15) is 5.26 Å². The van der Waals surface area contributed by atoms with Crippen molar-refractivity contribution in [3.05, 3.63) is 53.8 Å². The maximum absolute atomic E-state index is 9.33. The number of oxazole rings is 1. The van der Waals surface area contributed by atoms with E-state index < -0.39 is 0 Å². The number of ether oxygens (including phenoxy) is 1. The predicted octanol–water partition coefficient (Wildman–Crippen LogP) is 3.98. The Hall–Kier alpha value is -3.86. The molecule has 8 heteroatoms. The zero-order valence-electron chi connectivity index (χ0n) is 15.8. The predicted molar refractivity (Wildman–Crippen MR) is 106 cm³/mol. The second kappa shape index (κ2) is 6.95. The van der Waals surface area contributed by atoms with E-state index >= 15 is 0 Å². The number of pyridine rings is 1. The van der Waals surface area contributed by atoms with Crippen molar-refractivity contribution in [1.82, 2.24) is 20.2 Å². The van der Waals surface area contributed by atoms with Crippen molar-refractivity contribution in [2.24, 2.45) is 0 Å². The third-order valence-corrected chi connectivity index (χ3v) is 5.30. The Morgan fingerprint density at radius 2 is 2.28 bits per heavy atom. The van der Waals surface area contributed by atoms with Crippen molar-refractivity contribution < 1.29 is 9.15 Å². The van der Waals surface area contributed by atoms with Gasteiger partial charge in [-0.2, -0.15) is 10.4 Å². The lowest BCUT2D eigenvalue weighted by atomic mass is 9.90. The molecule has 1 aliphatic rings. The van der Waals surface area contributed by atoms with Crippen LogP contribution < -0.4 is 10.1 Å². The van der Waals surface area contributed by atoms with Crippen molar-refractivity contribution in [1.29, 1.82) is 5.26 Å². The van der Waals surface area contributed by atoms with Gasteiger partial charge in [0, 0.05) is 22.8 Å². The zero-order valence-corrected chi connectivity index (χ0v) is 15.8. The summed E-state index contributed by atoms with van der Waals surface area (Å²) in [6.45, 7) is 0. The highest BCUT2D eigenvalue weighted by molar-refractivity contribution is 5.93. The Labute approximate surface area is 166 Å². The molecule has 0 amide bonds. The van der Waals surface area contributed by atoms with Crippen LogP contribution in [0.4, 0.5) is 5.69 Å². The molecule has 1 aromatic carbocycles. The Bertz CT molecular complexity index is 1220. The monoisotopic (exact) mass is 386 g/mol. The number of rotatable bonds is 4. The lowest BCUT2D eigenvalue weighted by Gasteiger charge is -2.27. The van der Waals surface area contributed by atoms with E-state index in [1.807, 2.05) is 18.2 Å². The summed E-state index contributed by atoms with van der Waals surface area (Å²) in [5.41, 5.74) is 5.04. The van der Waals surface area contributed by atoms with Gasteiger partial charge < -0.3 is 14.5 Å². The molecule has 1 unspecified atom stereocenters. The van der Waals surface area contributed by atoms with Gasteiger partial charge in [-0.15, -0.1) is 0 Å². The van der Waals surface area contributed by atoms with Crippen molar-refractivity contribution in [3.8, 4) is 23.3 Å². The molecule has 5 rings (SSSR count). The van der Waals surface area contributed by atoms with Crippen molar-refractivity contribution in [2.75, 3.05) is 12.4 Å². The molecule has 2 N–H and O–H groups in total. The Morgan fingerprint density at radius 3 is 3.07 bits per heavy atom. The smallest absolute Gasteiger partial charge is 0.181 e. The highest BCUT2D eigenvalue weighted by atomic mass is 16.5. The standard InChI is InChI=1S/C21H18N6O2/c1-28-21-12(8-22)9-24-19-14(21)3-2-4-17(19)25-13-5-6-16-15(7-13)20(27-26-16)18-10-23-11-29-18/h5-7,9-11,17,25H,2-4H2,1H3,(H,26,27). The van der Waals surface area contributed by atoms with Crippen LogP contribution in [-0.2, 0) is 6.42 Å². The van der Waals surface area contributed by atoms with Crippen LogP contribution in [0, 0.1) is 11.3 Å². The quantitative estimate of drug-likeness (QED) is 0.545. The average molecular weight is 386 g/mol. The Kier molecular flexibility index (Phi) is 4.13. The second-order valence-electron chi connectivity index (χ2n) is 6.97. The molecule has 0 aliphatic heterocycles. The molecule has 0 radical (unpaired) electrons. The number of anilines is 1. The number of hydrogen-bond donors (Lipinski definition) is 2. The van der Waals surface area contributed by atoms with Crippen LogP contribution in [0.25, 0.3) is 22.4 Å². The number of fused-ring (bicyclic) bond motifs is 2. The number of methoxy groups -OCH3 is 1. The number of nitrogens with zero attached hydrogens (tertiary/aromatic N) is 4. The number of aromatic amines is 1. The topological polar surface area (TPSA) is 113 Å². The molecule has 0 bridgehead atoms. The largest absolute Gasteiger partial charge is 0.495 e. The SMILES string of the molecule is COc1c(C#N)cnc2c1CCCC2Nc1ccc2[nH]nc(-c3cnco3)c2c1. The minimum atomic E-state index is 0.0403. The van der Waals surface area contributed by atoms with Crippen LogP contribution in [0.2, 0.25) is 0 Å². The van der Waals surface area contributed by atoms with Crippen molar-refractivity contribution in [3.63, 3.8) is 0 Å². The van der Waals surface area contributed by atoms with E-state index in [0.717, 1.165) is 52.8 Å². The number of benzene rings is 1. The van der Waals surface area contributed by atoms with Gasteiger partial charge in [-0.3, -0.25) is 10.1 Å². The lowest BCUT2D eigenvalue weighted by Crippen LogP contribution is -2.20. The van der Waals surface area contributed by atoms with Gasteiger partial charge in [0.25, 0.3) is 0 Å². The van der Waals surface area contributed by atoms with Crippen LogP contribution in [0.5, 0.6) is 5.75 Å². The first-order valence-corrected chi connectivity index (χ1v) is 9.38. The molecule has 4 aromatic rings. The van der Waals surface area contributed by atoms with Crippen LogP contribution in [0.3, 0.4) is 0 Å². The summed E-state index contributed by atoms with van der Waals surface area (Å²) in [5.74, 6) is 1.26. The lowest BCUT2D eigenvalue weighted by molar-refractivity contribution is 0.401. The number of hydrogen-bond acceptors (Lipinski definition) is 7. The van der Waals surface area contributed by atoms with E-state index in [-0.39, 0.29) is 6.04 Å². The third-order valence-electron chi connectivity index (χ3n) is 5.30. The molecule has 0 fully saturated rings. The van der Waals surface area contributed by atoms with Crippen LogP contribution >= 0.6 is 0 Å². The molecule has 144 valence electrons. The van der Waals surface area contributed by atoms with Gasteiger partial charge in [-0.05, 0) is 37.5 Å². The number of aromatic nitrogens is 4. The molecular formula is C21H18N6O2. The Morgan fingerprint density at radius 1 is 1.34 bits per heavy atom. The molecule has 3 heterocycles. The molecule has 8 nitrogen and oxygen atoms in total. The molecule has 3 aromatic heterocycles. The summed E-state index contributed by atoms with van der Waals surface area (Å²) in [5, 5.41) is 21.3. The second-order valence-corrected chi connectivity index (χ2v) is 6.97. The molecule has 1 aliphatic carbocycles. The van der Waals surface area contributed by atoms with Crippen molar-refractivity contribution >= 4 is 16.6 Å². The van der Waals surface area contributed by atoms with E-state index in [2.05, 4.69) is 31.6 Å². The van der Waals surface area contributed by atoms with Crippen LogP contribution in [0.15, 0.2) is 41.4 Å². The van der Waals surface area contributed by atoms with Gasteiger partial charge in [0.1, 0.15) is 23.1 Å². The summed E-state index contributed by atoms with van der Waals surface area (Å²) < 4.78 is 10.9. The maximum atomic E-state index is 9.33. The zero-order chi connectivity index (χ0) is 19.8. The average Bonchev–Trinajstić information content (AvgIpc) is 3.42. The highest BCUT2D eigenvalue weighted by Gasteiger charge is 2.26. The van der Waals surface area contributed by atoms with Gasteiger partial charge in [0.2, 0.25) is 0 Å². The maximum Gasteiger partial charge on any atom is 0.181 e. The fourth-order valence-corrected chi connectivity index (χ4v) is 3.99. The first-order chi connectivity index (χ1) is 14.3. The first-order valence-electron chi connectivity index (χ1n) is 9.38. The molecule has 0 saturated heterocycles. The first kappa shape index (κ1) is 17.3. The normalized spacial score (nSPS) is 15.7. The third kappa shape index (κ3) is 2.88.